The van der Waals surface area contributed by atoms with Crippen LogP contribution < -0.4 is 10.6 Å². The molecular formula is C22H26N2O3. The lowest BCUT2D eigenvalue weighted by Gasteiger charge is -2.17. The molecule has 0 aliphatic heterocycles. The highest BCUT2D eigenvalue weighted by Crippen LogP contribution is 2.25. The van der Waals surface area contributed by atoms with E-state index in [1.807, 2.05) is 51.1 Å². The number of amides is 2. The second-order valence-corrected chi connectivity index (χ2v) is 8.13. The van der Waals surface area contributed by atoms with Gasteiger partial charge in [0.1, 0.15) is 0 Å². The number of hydrogen-bond acceptors (Lipinski definition) is 3. The number of anilines is 1. The second kappa shape index (κ2) is 7.53. The van der Waals surface area contributed by atoms with Crippen molar-refractivity contribution >= 4 is 17.5 Å². The normalized spacial score (nSPS) is 15.9. The van der Waals surface area contributed by atoms with Gasteiger partial charge in [0.2, 0.25) is 5.91 Å². The predicted molar refractivity (Wildman–Crippen MR) is 106 cm³/mol. The maximum absolute atomic E-state index is 12.5. The number of fused-ring (bicyclic) bond motifs is 1. The summed E-state index contributed by atoms with van der Waals surface area (Å²) in [7, 11) is 0. The van der Waals surface area contributed by atoms with Gasteiger partial charge in [0.15, 0.2) is 0 Å². The molecule has 142 valence electrons. The Balaban J connectivity index is 1.60. The summed E-state index contributed by atoms with van der Waals surface area (Å²) in [4.78, 5) is 24.4. The summed E-state index contributed by atoms with van der Waals surface area (Å²) in [5.74, 6) is -0.190. The van der Waals surface area contributed by atoms with Gasteiger partial charge in [-0.3, -0.25) is 9.59 Å². The minimum absolute atomic E-state index is 0.00829. The fourth-order valence-electron chi connectivity index (χ4n) is 3.10. The summed E-state index contributed by atoms with van der Waals surface area (Å²) in [5, 5.41) is 15.5. The lowest BCUT2D eigenvalue weighted by molar-refractivity contribution is -0.128. The maximum Gasteiger partial charge on any atom is 0.255 e. The first-order valence-corrected chi connectivity index (χ1v) is 9.21. The molecule has 0 unspecified atom stereocenters. The van der Waals surface area contributed by atoms with Crippen LogP contribution in [0.1, 0.15) is 47.8 Å². The van der Waals surface area contributed by atoms with Crippen molar-refractivity contribution in [2.45, 2.75) is 46.3 Å². The number of nitrogens with one attached hydrogen (secondary N) is 2. The number of aliphatic hydroxyl groups excluding tert-OH is 1. The van der Waals surface area contributed by atoms with Crippen molar-refractivity contribution in [1.29, 1.82) is 0 Å². The van der Waals surface area contributed by atoms with Crippen molar-refractivity contribution in [1.82, 2.24) is 5.32 Å². The highest BCUT2D eigenvalue weighted by Gasteiger charge is 2.21. The lowest BCUT2D eigenvalue weighted by Crippen LogP contribution is -2.34. The molecule has 1 aliphatic rings. The van der Waals surface area contributed by atoms with E-state index in [9.17, 15) is 14.7 Å². The van der Waals surface area contributed by atoms with E-state index in [1.54, 1.807) is 12.1 Å². The molecule has 0 spiro atoms. The Hall–Kier alpha value is -2.66. The van der Waals surface area contributed by atoms with Crippen LogP contribution in [-0.2, 0) is 24.2 Å². The first kappa shape index (κ1) is 19.1. The Labute approximate surface area is 159 Å². The molecule has 1 aliphatic carbocycles. The van der Waals surface area contributed by atoms with E-state index in [4.69, 9.17) is 0 Å². The first-order valence-electron chi connectivity index (χ1n) is 9.21. The quantitative estimate of drug-likeness (QED) is 0.778. The van der Waals surface area contributed by atoms with E-state index in [0.29, 0.717) is 24.9 Å². The molecule has 2 aromatic rings. The zero-order valence-corrected chi connectivity index (χ0v) is 16.0. The molecule has 0 radical (unpaired) electrons. The van der Waals surface area contributed by atoms with Gasteiger partial charge >= 0.3 is 0 Å². The molecule has 2 amide bonds. The van der Waals surface area contributed by atoms with Crippen LogP contribution in [0.4, 0.5) is 5.69 Å². The van der Waals surface area contributed by atoms with Crippen molar-refractivity contribution in [2.75, 3.05) is 5.32 Å². The molecule has 27 heavy (non-hydrogen) atoms. The second-order valence-electron chi connectivity index (χ2n) is 8.13. The summed E-state index contributed by atoms with van der Waals surface area (Å²) in [6, 6.07) is 13.0. The van der Waals surface area contributed by atoms with E-state index in [1.165, 1.54) is 0 Å². The van der Waals surface area contributed by atoms with Crippen molar-refractivity contribution in [3.8, 4) is 0 Å². The van der Waals surface area contributed by atoms with Crippen LogP contribution in [0.15, 0.2) is 42.5 Å². The summed E-state index contributed by atoms with van der Waals surface area (Å²) in [6.07, 6.45) is 0.988. The van der Waals surface area contributed by atoms with Crippen molar-refractivity contribution < 1.29 is 14.7 Å². The minimum atomic E-state index is -0.425. The predicted octanol–water partition coefficient (Wildman–Crippen LogP) is 3.06. The van der Waals surface area contributed by atoms with Crippen LogP contribution >= 0.6 is 0 Å². The van der Waals surface area contributed by atoms with Gasteiger partial charge in [-0.05, 0) is 53.8 Å². The Morgan fingerprint density at radius 2 is 1.70 bits per heavy atom. The molecule has 1 atom stereocenters. The van der Waals surface area contributed by atoms with Gasteiger partial charge in [-0.15, -0.1) is 0 Å². The Bertz CT molecular complexity index is 851. The molecule has 3 N–H and O–H groups in total. The number of hydrogen-bond donors (Lipinski definition) is 3. The monoisotopic (exact) mass is 366 g/mol. The average molecular weight is 366 g/mol. The van der Waals surface area contributed by atoms with Gasteiger partial charge in [-0.25, -0.2) is 0 Å². The van der Waals surface area contributed by atoms with Crippen LogP contribution in [0.2, 0.25) is 0 Å². The van der Waals surface area contributed by atoms with Crippen molar-refractivity contribution in [3.05, 3.63) is 64.7 Å². The third kappa shape index (κ3) is 4.74. The minimum Gasteiger partial charge on any atom is -0.392 e. The van der Waals surface area contributed by atoms with E-state index in [0.717, 1.165) is 22.4 Å². The third-order valence-corrected chi connectivity index (χ3v) is 4.73. The summed E-state index contributed by atoms with van der Waals surface area (Å²) < 4.78 is 0. The fourth-order valence-corrected chi connectivity index (χ4v) is 3.10. The zero-order chi connectivity index (χ0) is 19.6. The van der Waals surface area contributed by atoms with Gasteiger partial charge in [0, 0.05) is 23.2 Å². The standard InChI is InChI=1S/C22H26N2O3/c1-22(2,3)21(27)23-13-14-4-6-15(7-5-14)20(26)24-18-9-8-16-11-19(25)12-17(16)10-18/h4-10,19,25H,11-13H2,1-3H3,(H,23,27)(H,24,26)/t19-/m1/s1. The molecule has 0 heterocycles. The zero-order valence-electron chi connectivity index (χ0n) is 16.0. The number of benzene rings is 2. The number of carbonyl (C=O) groups is 2. The molecule has 0 saturated heterocycles. The van der Waals surface area contributed by atoms with Gasteiger partial charge in [-0.1, -0.05) is 39.0 Å². The number of carbonyl (C=O) groups excluding carboxylic acids is 2. The smallest absolute Gasteiger partial charge is 0.255 e. The third-order valence-electron chi connectivity index (χ3n) is 4.73. The van der Waals surface area contributed by atoms with Crippen molar-refractivity contribution in [3.63, 3.8) is 0 Å². The van der Waals surface area contributed by atoms with Crippen molar-refractivity contribution in [2.24, 2.45) is 5.41 Å². The van der Waals surface area contributed by atoms with Crippen LogP contribution in [0.25, 0.3) is 0 Å². The number of aliphatic hydroxyl groups is 1. The summed E-state index contributed by atoms with van der Waals surface area (Å²) in [6.45, 7) is 6.05. The number of rotatable bonds is 4. The van der Waals surface area contributed by atoms with Gasteiger partial charge in [0.25, 0.3) is 5.91 Å². The average Bonchev–Trinajstić information content (AvgIpc) is 2.98. The fraction of sp³-hybridized carbons (Fsp3) is 0.364. The maximum atomic E-state index is 12.5. The highest BCUT2D eigenvalue weighted by molar-refractivity contribution is 6.04. The Morgan fingerprint density at radius 3 is 2.37 bits per heavy atom. The van der Waals surface area contributed by atoms with E-state index < -0.39 is 5.41 Å². The van der Waals surface area contributed by atoms with Gasteiger partial charge in [-0.2, -0.15) is 0 Å². The van der Waals surface area contributed by atoms with E-state index in [2.05, 4.69) is 10.6 Å². The molecule has 0 saturated carbocycles. The Morgan fingerprint density at radius 1 is 1.04 bits per heavy atom. The van der Waals surface area contributed by atoms with Crippen LogP contribution in [0, 0.1) is 5.41 Å². The first-order chi connectivity index (χ1) is 12.7. The van der Waals surface area contributed by atoms with E-state index in [-0.39, 0.29) is 17.9 Å². The van der Waals surface area contributed by atoms with Crippen LogP contribution in [0.3, 0.4) is 0 Å². The molecule has 0 fully saturated rings. The van der Waals surface area contributed by atoms with Gasteiger partial charge < -0.3 is 15.7 Å². The molecule has 0 bridgehead atoms. The largest absolute Gasteiger partial charge is 0.392 e. The summed E-state index contributed by atoms with van der Waals surface area (Å²) in [5.41, 5.74) is 4.03. The topological polar surface area (TPSA) is 78.4 Å². The SMILES string of the molecule is CC(C)(C)C(=O)NCc1ccc(C(=O)Nc2ccc3c(c2)C[C@H](O)C3)cc1. The highest BCUT2D eigenvalue weighted by atomic mass is 16.3. The molecule has 2 aromatic carbocycles. The molecular weight excluding hydrogens is 340 g/mol. The lowest BCUT2D eigenvalue weighted by atomic mass is 9.95. The molecule has 5 heteroatoms. The van der Waals surface area contributed by atoms with Crippen LogP contribution in [0.5, 0.6) is 0 Å². The van der Waals surface area contributed by atoms with Gasteiger partial charge in [0.05, 0.1) is 6.10 Å². The molecule has 5 nitrogen and oxygen atoms in total. The summed E-state index contributed by atoms with van der Waals surface area (Å²) >= 11 is 0. The Kier molecular flexibility index (Phi) is 5.33. The molecule has 0 aromatic heterocycles. The van der Waals surface area contributed by atoms with E-state index >= 15 is 0 Å². The molecule has 3 rings (SSSR count). The van der Waals surface area contributed by atoms with Crippen LogP contribution in [-0.4, -0.2) is 23.0 Å².